The summed E-state index contributed by atoms with van der Waals surface area (Å²) in [6.07, 6.45) is 0. The highest BCUT2D eigenvalue weighted by molar-refractivity contribution is 9.10. The van der Waals surface area contributed by atoms with Crippen LogP contribution >= 0.6 is 27.5 Å². The first-order valence-corrected chi connectivity index (χ1v) is 9.45. The topological polar surface area (TPSA) is 0 Å². The van der Waals surface area contributed by atoms with E-state index < -0.39 is 8.07 Å². The van der Waals surface area contributed by atoms with Crippen LogP contribution in [0.5, 0.6) is 0 Å². The highest BCUT2D eigenvalue weighted by atomic mass is 79.9. The Morgan fingerprint density at radius 3 is 2.12 bits per heavy atom. The van der Waals surface area contributed by atoms with Gasteiger partial charge in [-0.15, -0.1) is 0 Å². The van der Waals surface area contributed by atoms with E-state index in [4.69, 9.17) is 11.6 Å². The molecular weight excluding hydrogens is 307 g/mol. The summed E-state index contributed by atoms with van der Waals surface area (Å²) < 4.78 is 14.8. The summed E-state index contributed by atoms with van der Waals surface area (Å²) in [5.74, 6) is -0.134. The van der Waals surface area contributed by atoms with Crippen molar-refractivity contribution in [3.63, 3.8) is 0 Å². The zero-order valence-corrected chi connectivity index (χ0v) is 13.3. The third-order valence-corrected chi connectivity index (χ3v) is 10.7. The van der Waals surface area contributed by atoms with Crippen LogP contribution in [0.3, 0.4) is 0 Å². The Bertz CT molecular complexity index is 369. The molecule has 0 spiro atoms. The van der Waals surface area contributed by atoms with E-state index in [0.29, 0.717) is 5.02 Å². The zero-order chi connectivity index (χ0) is 12.3. The van der Waals surface area contributed by atoms with E-state index in [9.17, 15) is 4.39 Å². The van der Waals surface area contributed by atoms with Crippen LogP contribution in [0.25, 0.3) is 0 Å². The molecule has 16 heavy (non-hydrogen) atoms. The highest BCUT2D eigenvalue weighted by Crippen LogP contribution is 2.29. The van der Waals surface area contributed by atoms with Crippen molar-refractivity contribution in [3.05, 3.63) is 27.4 Å². The van der Waals surface area contributed by atoms with E-state index in [1.165, 1.54) is 6.07 Å². The summed E-state index contributed by atoms with van der Waals surface area (Å²) in [5.41, 5.74) is 0. The maximum Gasteiger partial charge on any atom is 0.124 e. The summed E-state index contributed by atoms with van der Waals surface area (Å²) in [6.45, 7) is 6.45. The molecule has 0 aliphatic carbocycles. The molecule has 1 aromatic carbocycles. The number of hydrogen-bond acceptors (Lipinski definition) is 0. The van der Waals surface area contributed by atoms with Crippen molar-refractivity contribution in [1.29, 1.82) is 0 Å². The number of hydrogen-bond donors (Lipinski definition) is 0. The predicted octanol–water partition coefficient (Wildman–Crippen LogP) is 4.96. The van der Waals surface area contributed by atoms with Gasteiger partial charge in [0.2, 0.25) is 0 Å². The van der Waals surface area contributed by atoms with Crippen LogP contribution in [0.2, 0.25) is 23.2 Å². The number of rotatable bonds is 4. The Morgan fingerprint density at radius 2 is 1.69 bits per heavy atom. The minimum atomic E-state index is -1.75. The van der Waals surface area contributed by atoms with Crippen molar-refractivity contribution in [2.24, 2.45) is 0 Å². The molecule has 0 amide bonds. The third-order valence-electron chi connectivity index (χ3n) is 3.60. The van der Waals surface area contributed by atoms with Crippen molar-refractivity contribution >= 4 is 40.8 Å². The van der Waals surface area contributed by atoms with Crippen LogP contribution in [-0.4, -0.2) is 8.07 Å². The summed E-state index contributed by atoms with van der Waals surface area (Å²) in [7, 11) is -1.75. The maximum absolute atomic E-state index is 14.0. The average Bonchev–Trinajstić information content (AvgIpc) is 2.30. The second-order valence-electron chi connectivity index (χ2n) is 4.06. The standard InChI is InChI=1S/C12H17BrClFSi/c1-4-16(5-2,6-3)12-10(15)8-7-9(13)11(12)14/h7-8H,4-6H2,1-3H3. The number of benzene rings is 1. The first-order chi connectivity index (χ1) is 7.52. The fraction of sp³-hybridized carbons (Fsp3) is 0.500. The Morgan fingerprint density at radius 1 is 1.19 bits per heavy atom. The molecule has 1 rings (SSSR count). The minimum Gasteiger partial charge on any atom is -0.207 e. The summed E-state index contributed by atoms with van der Waals surface area (Å²) >= 11 is 9.65. The molecule has 0 aliphatic rings. The van der Waals surface area contributed by atoms with Crippen LogP contribution in [0.1, 0.15) is 20.8 Å². The van der Waals surface area contributed by atoms with Crippen molar-refractivity contribution in [1.82, 2.24) is 0 Å². The molecule has 0 radical (unpaired) electrons. The molecule has 0 aliphatic heterocycles. The molecule has 0 bridgehead atoms. The van der Waals surface area contributed by atoms with Gasteiger partial charge in [-0.1, -0.05) is 50.5 Å². The lowest BCUT2D eigenvalue weighted by atomic mass is 10.3. The summed E-state index contributed by atoms with van der Waals surface area (Å²) in [4.78, 5) is 0. The van der Waals surface area contributed by atoms with E-state index in [1.54, 1.807) is 6.07 Å². The van der Waals surface area contributed by atoms with E-state index in [0.717, 1.165) is 27.8 Å². The Hall–Kier alpha value is 0.137. The largest absolute Gasteiger partial charge is 0.207 e. The van der Waals surface area contributed by atoms with Crippen LogP contribution in [0.4, 0.5) is 4.39 Å². The van der Waals surface area contributed by atoms with Gasteiger partial charge in [-0.05, 0) is 33.2 Å². The SMILES string of the molecule is CC[Si](CC)(CC)c1c(F)ccc(Br)c1Cl. The van der Waals surface area contributed by atoms with Crippen molar-refractivity contribution in [3.8, 4) is 0 Å². The van der Waals surface area contributed by atoms with Crippen molar-refractivity contribution in [2.45, 2.75) is 38.9 Å². The molecule has 0 aromatic heterocycles. The van der Waals surface area contributed by atoms with Crippen molar-refractivity contribution < 1.29 is 4.39 Å². The molecule has 0 fully saturated rings. The molecule has 0 unspecified atom stereocenters. The van der Waals surface area contributed by atoms with Gasteiger partial charge in [-0.3, -0.25) is 0 Å². The third kappa shape index (κ3) is 2.36. The molecule has 1 aromatic rings. The molecule has 0 atom stereocenters. The van der Waals surface area contributed by atoms with Gasteiger partial charge in [0.25, 0.3) is 0 Å². The van der Waals surface area contributed by atoms with E-state index in [-0.39, 0.29) is 5.82 Å². The van der Waals surface area contributed by atoms with Crippen LogP contribution in [0, 0.1) is 5.82 Å². The van der Waals surface area contributed by atoms with E-state index in [1.807, 2.05) is 0 Å². The Balaban J connectivity index is 3.45. The molecule has 90 valence electrons. The van der Waals surface area contributed by atoms with Gasteiger partial charge < -0.3 is 0 Å². The molecule has 0 nitrogen and oxygen atoms in total. The van der Waals surface area contributed by atoms with E-state index >= 15 is 0 Å². The highest BCUT2D eigenvalue weighted by Gasteiger charge is 2.34. The molecule has 0 N–H and O–H groups in total. The van der Waals surface area contributed by atoms with Gasteiger partial charge in [0.05, 0.1) is 13.1 Å². The average molecular weight is 324 g/mol. The van der Waals surface area contributed by atoms with Crippen molar-refractivity contribution in [2.75, 3.05) is 0 Å². The molecule has 4 heteroatoms. The monoisotopic (exact) mass is 322 g/mol. The fourth-order valence-electron chi connectivity index (χ4n) is 2.29. The lowest BCUT2D eigenvalue weighted by Gasteiger charge is -2.30. The second-order valence-corrected chi connectivity index (χ2v) is 10.5. The van der Waals surface area contributed by atoms with Crippen LogP contribution in [0.15, 0.2) is 16.6 Å². The fourth-order valence-corrected chi connectivity index (χ4v) is 7.31. The van der Waals surface area contributed by atoms with Gasteiger partial charge in [0, 0.05) is 4.47 Å². The number of halogens is 3. The first-order valence-electron chi connectivity index (χ1n) is 5.66. The van der Waals surface area contributed by atoms with Crippen LogP contribution < -0.4 is 5.19 Å². The normalized spacial score (nSPS) is 11.9. The predicted molar refractivity (Wildman–Crippen MR) is 75.9 cm³/mol. The molecule has 0 saturated heterocycles. The smallest absolute Gasteiger partial charge is 0.124 e. The van der Waals surface area contributed by atoms with E-state index in [2.05, 4.69) is 36.7 Å². The second kappa shape index (κ2) is 5.65. The lowest BCUT2D eigenvalue weighted by molar-refractivity contribution is 0.634. The lowest BCUT2D eigenvalue weighted by Crippen LogP contribution is -2.48. The maximum atomic E-state index is 14.0. The summed E-state index contributed by atoms with van der Waals surface area (Å²) in [5, 5.41) is 1.38. The van der Waals surface area contributed by atoms with Gasteiger partial charge >= 0.3 is 0 Å². The molecular formula is C12H17BrClFSi. The van der Waals surface area contributed by atoms with Gasteiger partial charge in [0.1, 0.15) is 5.82 Å². The Kier molecular flexibility index (Phi) is 5.01. The van der Waals surface area contributed by atoms with Gasteiger partial charge in [-0.25, -0.2) is 4.39 Å². The quantitative estimate of drug-likeness (QED) is 0.543. The van der Waals surface area contributed by atoms with Gasteiger partial charge in [0.15, 0.2) is 0 Å². The van der Waals surface area contributed by atoms with Gasteiger partial charge in [-0.2, -0.15) is 0 Å². The molecule has 0 saturated carbocycles. The minimum absolute atomic E-state index is 0.134. The zero-order valence-electron chi connectivity index (χ0n) is 9.91. The molecule has 0 heterocycles. The van der Waals surface area contributed by atoms with Crippen LogP contribution in [-0.2, 0) is 0 Å². The Labute approximate surface area is 111 Å². The summed E-state index contributed by atoms with van der Waals surface area (Å²) in [6, 6.07) is 6.31. The first kappa shape index (κ1) is 14.2.